The molecular formula is C25H20F2N4O4. The Balaban J connectivity index is 2.16. The highest BCUT2D eigenvalue weighted by molar-refractivity contribution is 5.98. The lowest BCUT2D eigenvalue weighted by atomic mass is 9.91. The topological polar surface area (TPSA) is 131 Å². The number of halogens is 2. The van der Waals surface area contributed by atoms with Crippen LogP contribution in [0, 0.1) is 35.0 Å². The highest BCUT2D eigenvalue weighted by Crippen LogP contribution is 2.21. The van der Waals surface area contributed by atoms with E-state index >= 15 is 0 Å². The Morgan fingerprint density at radius 2 is 1.43 bits per heavy atom. The van der Waals surface area contributed by atoms with Crippen molar-refractivity contribution in [1.82, 2.24) is 16.1 Å². The molecule has 2 atom stereocenters. The number of amides is 3. The van der Waals surface area contributed by atoms with Crippen molar-refractivity contribution < 1.29 is 28.4 Å². The average Bonchev–Trinajstić information content (AvgIpc) is 2.84. The van der Waals surface area contributed by atoms with Gasteiger partial charge in [0.2, 0.25) is 5.91 Å². The SMILES string of the molecule is CC(=O)NC(C)(C(F)F)C(NC(=O)c1ccc(C#CC#Cc2ccc(C#N)cc2)cc1)C(=O)NO. The van der Waals surface area contributed by atoms with E-state index in [0.717, 1.165) is 13.8 Å². The Kier molecular flexibility index (Phi) is 9.05. The number of carbonyl (C=O) groups excluding carboxylic acids is 3. The molecule has 8 nitrogen and oxygen atoms in total. The van der Waals surface area contributed by atoms with E-state index in [1.54, 1.807) is 24.3 Å². The fourth-order valence-electron chi connectivity index (χ4n) is 2.94. The molecule has 2 aromatic rings. The smallest absolute Gasteiger partial charge is 0.268 e. The summed E-state index contributed by atoms with van der Waals surface area (Å²) in [5.41, 5.74) is 0.466. The van der Waals surface area contributed by atoms with Gasteiger partial charge in [0.25, 0.3) is 18.2 Å². The molecule has 0 aliphatic heterocycles. The molecule has 0 saturated carbocycles. The van der Waals surface area contributed by atoms with Gasteiger partial charge in [-0.3, -0.25) is 19.6 Å². The van der Waals surface area contributed by atoms with Crippen molar-refractivity contribution in [2.24, 2.45) is 0 Å². The number of nitrogens with zero attached hydrogens (tertiary/aromatic N) is 1. The Hall–Kier alpha value is -4.72. The molecule has 0 aromatic heterocycles. The molecule has 0 bridgehead atoms. The quantitative estimate of drug-likeness (QED) is 0.285. The lowest BCUT2D eigenvalue weighted by molar-refractivity contribution is -0.137. The summed E-state index contributed by atoms with van der Waals surface area (Å²) in [5.74, 6) is 7.84. The summed E-state index contributed by atoms with van der Waals surface area (Å²) in [5, 5.41) is 21.8. The zero-order valence-electron chi connectivity index (χ0n) is 18.6. The number of rotatable bonds is 6. The largest absolute Gasteiger partial charge is 0.343 e. The molecular weight excluding hydrogens is 458 g/mol. The van der Waals surface area contributed by atoms with Crippen molar-refractivity contribution in [2.45, 2.75) is 31.9 Å². The van der Waals surface area contributed by atoms with Gasteiger partial charge in [-0.2, -0.15) is 5.26 Å². The first-order chi connectivity index (χ1) is 16.6. The molecule has 0 fully saturated rings. The predicted octanol–water partition coefficient (Wildman–Crippen LogP) is 1.73. The normalized spacial score (nSPS) is 12.4. The number of hydroxylamine groups is 1. The highest BCUT2D eigenvalue weighted by Gasteiger charge is 2.48. The summed E-state index contributed by atoms with van der Waals surface area (Å²) in [4.78, 5) is 36.0. The van der Waals surface area contributed by atoms with Crippen molar-refractivity contribution in [1.29, 1.82) is 5.26 Å². The zero-order valence-corrected chi connectivity index (χ0v) is 18.6. The van der Waals surface area contributed by atoms with Gasteiger partial charge in [-0.15, -0.1) is 0 Å². The van der Waals surface area contributed by atoms with Crippen LogP contribution in [0.25, 0.3) is 0 Å². The van der Waals surface area contributed by atoms with Crippen molar-refractivity contribution >= 4 is 17.7 Å². The lowest BCUT2D eigenvalue weighted by Crippen LogP contribution is -2.68. The fourth-order valence-corrected chi connectivity index (χ4v) is 2.94. The molecule has 10 heteroatoms. The van der Waals surface area contributed by atoms with Crippen LogP contribution in [-0.2, 0) is 9.59 Å². The minimum atomic E-state index is -3.25. The number of nitrogens with one attached hydrogen (secondary N) is 3. The number of carbonyl (C=O) groups is 3. The molecule has 2 unspecified atom stereocenters. The fraction of sp³-hybridized carbons (Fsp3) is 0.200. The van der Waals surface area contributed by atoms with Gasteiger partial charge >= 0.3 is 0 Å². The van der Waals surface area contributed by atoms with E-state index in [1.807, 2.05) is 11.4 Å². The first kappa shape index (κ1) is 26.5. The first-order valence-corrected chi connectivity index (χ1v) is 10.0. The van der Waals surface area contributed by atoms with Crippen molar-refractivity contribution in [3.63, 3.8) is 0 Å². The number of alkyl halides is 2. The maximum Gasteiger partial charge on any atom is 0.268 e. The van der Waals surface area contributed by atoms with Crippen LogP contribution in [0.3, 0.4) is 0 Å². The van der Waals surface area contributed by atoms with Gasteiger partial charge in [0.05, 0.1) is 11.6 Å². The van der Waals surface area contributed by atoms with Gasteiger partial charge in [-0.25, -0.2) is 14.3 Å². The number of nitriles is 1. The van der Waals surface area contributed by atoms with E-state index in [1.165, 1.54) is 29.7 Å². The van der Waals surface area contributed by atoms with Gasteiger partial charge in [0.1, 0.15) is 11.6 Å². The average molecular weight is 478 g/mol. The van der Waals surface area contributed by atoms with Crippen LogP contribution in [-0.4, -0.2) is 40.9 Å². The van der Waals surface area contributed by atoms with E-state index in [2.05, 4.69) is 29.0 Å². The third-order valence-electron chi connectivity index (χ3n) is 4.78. The second kappa shape index (κ2) is 11.9. The monoisotopic (exact) mass is 478 g/mol. The van der Waals surface area contributed by atoms with E-state index in [4.69, 9.17) is 10.5 Å². The molecule has 4 N–H and O–H groups in total. The van der Waals surface area contributed by atoms with Crippen molar-refractivity contribution in [3.8, 4) is 29.8 Å². The second-order valence-electron chi connectivity index (χ2n) is 7.41. The molecule has 2 aromatic carbocycles. The highest BCUT2D eigenvalue weighted by atomic mass is 19.3. The van der Waals surface area contributed by atoms with Crippen LogP contribution < -0.4 is 16.1 Å². The number of benzene rings is 2. The zero-order chi connectivity index (χ0) is 26.0. The second-order valence-corrected chi connectivity index (χ2v) is 7.41. The van der Waals surface area contributed by atoms with Crippen LogP contribution >= 0.6 is 0 Å². The van der Waals surface area contributed by atoms with E-state index in [0.29, 0.717) is 16.7 Å². The van der Waals surface area contributed by atoms with Gasteiger partial charge in [-0.05, 0) is 67.3 Å². The summed E-state index contributed by atoms with van der Waals surface area (Å²) in [7, 11) is 0. The summed E-state index contributed by atoms with van der Waals surface area (Å²) in [6.45, 7) is 1.85. The lowest BCUT2D eigenvalue weighted by Gasteiger charge is -2.36. The van der Waals surface area contributed by atoms with Crippen LogP contribution in [0.2, 0.25) is 0 Å². The molecule has 0 heterocycles. The molecule has 2 rings (SSSR count). The van der Waals surface area contributed by atoms with Crippen LogP contribution in [0.15, 0.2) is 48.5 Å². The summed E-state index contributed by atoms with van der Waals surface area (Å²) >= 11 is 0. The van der Waals surface area contributed by atoms with Gasteiger partial charge in [-0.1, -0.05) is 11.8 Å². The Morgan fingerprint density at radius 3 is 1.86 bits per heavy atom. The molecule has 3 amide bonds. The Labute approximate surface area is 200 Å². The standard InChI is InChI=1S/C25H20F2N4O4/c1-16(32)30-25(2,24(26)27)21(23(34)31-35)29-22(33)20-13-11-18(12-14-20)6-4-3-5-17-7-9-19(15-28)10-8-17/h7-14,21,24,35H,1-2H3,(H,29,33)(H,30,32)(H,31,34). The van der Waals surface area contributed by atoms with E-state index in [-0.39, 0.29) is 5.56 Å². The molecule has 0 saturated heterocycles. The van der Waals surface area contributed by atoms with Gasteiger partial charge in [0.15, 0.2) is 0 Å². The van der Waals surface area contributed by atoms with Crippen molar-refractivity contribution in [3.05, 3.63) is 70.8 Å². The minimum absolute atomic E-state index is 0.0226. The van der Waals surface area contributed by atoms with Crippen LogP contribution in [0.5, 0.6) is 0 Å². The third-order valence-corrected chi connectivity index (χ3v) is 4.78. The molecule has 0 spiro atoms. The summed E-state index contributed by atoms with van der Waals surface area (Å²) in [6.07, 6.45) is -3.25. The van der Waals surface area contributed by atoms with Crippen LogP contribution in [0.4, 0.5) is 8.78 Å². The van der Waals surface area contributed by atoms with Gasteiger partial charge < -0.3 is 10.6 Å². The Bertz CT molecular complexity index is 1260. The number of hydrogen-bond donors (Lipinski definition) is 4. The van der Waals surface area contributed by atoms with E-state index in [9.17, 15) is 23.2 Å². The summed E-state index contributed by atoms with van der Waals surface area (Å²) < 4.78 is 27.4. The molecule has 178 valence electrons. The maximum absolute atomic E-state index is 13.7. The van der Waals surface area contributed by atoms with Crippen molar-refractivity contribution in [2.75, 3.05) is 0 Å². The maximum atomic E-state index is 13.7. The molecule has 35 heavy (non-hydrogen) atoms. The van der Waals surface area contributed by atoms with E-state index < -0.39 is 35.7 Å². The first-order valence-electron chi connectivity index (χ1n) is 10.0. The predicted molar refractivity (Wildman–Crippen MR) is 121 cm³/mol. The Morgan fingerprint density at radius 1 is 0.943 bits per heavy atom. The molecule has 0 aliphatic rings. The summed E-state index contributed by atoms with van der Waals surface area (Å²) in [6, 6.07) is 12.4. The molecule has 0 radical (unpaired) electrons. The van der Waals surface area contributed by atoms with Crippen LogP contribution in [0.1, 0.15) is 40.9 Å². The number of hydrogen-bond acceptors (Lipinski definition) is 5. The molecule has 0 aliphatic carbocycles. The minimum Gasteiger partial charge on any atom is -0.343 e. The third kappa shape index (κ3) is 7.13. The van der Waals surface area contributed by atoms with Gasteiger partial charge in [0, 0.05) is 23.6 Å².